The van der Waals surface area contributed by atoms with E-state index in [9.17, 15) is 0 Å². The fourth-order valence-electron chi connectivity index (χ4n) is 2.31. The van der Waals surface area contributed by atoms with E-state index in [1.807, 2.05) is 6.92 Å². The van der Waals surface area contributed by atoms with Gasteiger partial charge in [-0.15, -0.1) is 11.8 Å². The highest BCUT2D eigenvalue weighted by Crippen LogP contribution is 2.48. The van der Waals surface area contributed by atoms with Gasteiger partial charge < -0.3 is 5.32 Å². The fourth-order valence-corrected chi connectivity index (χ4v) is 2.31. The number of hydrogen-bond donors (Lipinski definition) is 1. The highest BCUT2D eigenvalue weighted by Gasteiger charge is 2.40. The zero-order chi connectivity index (χ0) is 9.80. The molecule has 2 saturated carbocycles. The molecule has 0 aromatic carbocycles. The Labute approximate surface area is 87.7 Å². The summed E-state index contributed by atoms with van der Waals surface area (Å²) in [5, 5.41) is 3.56. The number of nitrogens with one attached hydrogen (secondary N) is 1. The van der Waals surface area contributed by atoms with Crippen molar-refractivity contribution in [2.24, 2.45) is 17.8 Å². The zero-order valence-corrected chi connectivity index (χ0v) is 9.18. The molecule has 0 aromatic heterocycles. The molecule has 0 aliphatic heterocycles. The topological polar surface area (TPSA) is 12.0 Å². The van der Waals surface area contributed by atoms with Gasteiger partial charge in [0.05, 0.1) is 0 Å². The van der Waals surface area contributed by atoms with Crippen LogP contribution < -0.4 is 5.32 Å². The third-order valence-electron chi connectivity index (χ3n) is 3.44. The average molecular weight is 191 g/mol. The molecule has 0 spiro atoms. The highest BCUT2D eigenvalue weighted by molar-refractivity contribution is 4.96. The lowest BCUT2D eigenvalue weighted by Gasteiger charge is -2.15. The second-order valence-corrected chi connectivity index (χ2v) is 4.72. The van der Waals surface area contributed by atoms with Gasteiger partial charge >= 0.3 is 0 Å². The van der Waals surface area contributed by atoms with Gasteiger partial charge in [-0.1, -0.05) is 0 Å². The van der Waals surface area contributed by atoms with Gasteiger partial charge in [-0.05, 0) is 56.9 Å². The van der Waals surface area contributed by atoms with E-state index >= 15 is 0 Å². The average Bonchev–Trinajstić information content (AvgIpc) is 3.03. The molecule has 0 unspecified atom stereocenters. The fraction of sp³-hybridized carbons (Fsp3) is 0.846. The van der Waals surface area contributed by atoms with Gasteiger partial charge in [-0.3, -0.25) is 0 Å². The normalized spacial score (nSPS) is 20.7. The molecule has 0 atom stereocenters. The van der Waals surface area contributed by atoms with Crippen molar-refractivity contribution in [3.05, 3.63) is 0 Å². The quantitative estimate of drug-likeness (QED) is 0.502. The molecule has 0 heterocycles. The molecule has 1 nitrogen and oxygen atoms in total. The zero-order valence-electron chi connectivity index (χ0n) is 9.18. The maximum Gasteiger partial charge on any atom is 0.0214 e. The van der Waals surface area contributed by atoms with Gasteiger partial charge in [0.2, 0.25) is 0 Å². The van der Waals surface area contributed by atoms with Crippen LogP contribution in [0.4, 0.5) is 0 Å². The maximum absolute atomic E-state index is 3.56. The Morgan fingerprint density at radius 1 is 1.21 bits per heavy atom. The van der Waals surface area contributed by atoms with Crippen molar-refractivity contribution in [3.63, 3.8) is 0 Å². The Hall–Kier alpha value is -0.480. The molecule has 2 aliphatic rings. The first-order valence-electron chi connectivity index (χ1n) is 6.02. The van der Waals surface area contributed by atoms with E-state index in [2.05, 4.69) is 17.2 Å². The van der Waals surface area contributed by atoms with Crippen molar-refractivity contribution in [3.8, 4) is 11.8 Å². The third-order valence-corrected chi connectivity index (χ3v) is 3.44. The summed E-state index contributed by atoms with van der Waals surface area (Å²) in [5.74, 6) is 9.19. The van der Waals surface area contributed by atoms with Crippen LogP contribution in [0.5, 0.6) is 0 Å². The van der Waals surface area contributed by atoms with Gasteiger partial charge in [0.1, 0.15) is 0 Å². The molecule has 2 fully saturated rings. The van der Waals surface area contributed by atoms with Crippen molar-refractivity contribution >= 4 is 0 Å². The van der Waals surface area contributed by atoms with E-state index < -0.39 is 0 Å². The molecule has 2 aliphatic carbocycles. The smallest absolute Gasteiger partial charge is 0.0214 e. The molecule has 1 N–H and O–H groups in total. The van der Waals surface area contributed by atoms with Crippen LogP contribution in [0.25, 0.3) is 0 Å². The van der Waals surface area contributed by atoms with Gasteiger partial charge in [-0.25, -0.2) is 0 Å². The van der Waals surface area contributed by atoms with Crippen LogP contribution in [0, 0.1) is 29.6 Å². The Morgan fingerprint density at radius 2 is 1.86 bits per heavy atom. The monoisotopic (exact) mass is 191 g/mol. The summed E-state index contributed by atoms with van der Waals surface area (Å²) in [4.78, 5) is 0. The molecule has 0 radical (unpaired) electrons. The molecule has 1 heteroatoms. The van der Waals surface area contributed by atoms with Crippen LogP contribution in [-0.2, 0) is 0 Å². The summed E-state index contributed by atoms with van der Waals surface area (Å²) < 4.78 is 0. The van der Waals surface area contributed by atoms with Crippen LogP contribution in [0.2, 0.25) is 0 Å². The van der Waals surface area contributed by atoms with Crippen LogP contribution in [0.1, 0.15) is 39.0 Å². The molecule has 14 heavy (non-hydrogen) atoms. The molecular formula is C13H21N. The molecule has 78 valence electrons. The lowest BCUT2D eigenvalue weighted by molar-refractivity contribution is 0.381. The van der Waals surface area contributed by atoms with Gasteiger partial charge in [0.15, 0.2) is 0 Å². The van der Waals surface area contributed by atoms with Crippen molar-refractivity contribution in [1.82, 2.24) is 5.32 Å². The minimum absolute atomic E-state index is 1.00. The Kier molecular flexibility index (Phi) is 3.48. The maximum atomic E-state index is 3.56. The lowest BCUT2D eigenvalue weighted by atomic mass is 9.98. The van der Waals surface area contributed by atoms with Crippen molar-refractivity contribution in [2.75, 3.05) is 13.1 Å². The minimum atomic E-state index is 1.00. The van der Waals surface area contributed by atoms with Crippen LogP contribution in [-0.4, -0.2) is 13.1 Å². The lowest BCUT2D eigenvalue weighted by Crippen LogP contribution is -2.26. The van der Waals surface area contributed by atoms with Crippen molar-refractivity contribution in [1.29, 1.82) is 0 Å². The Balaban J connectivity index is 1.59. The molecule has 0 aromatic rings. The summed E-state index contributed by atoms with van der Waals surface area (Å²) in [6.07, 6.45) is 7.00. The Morgan fingerprint density at radius 3 is 2.36 bits per heavy atom. The van der Waals surface area contributed by atoms with E-state index in [1.54, 1.807) is 0 Å². The molecular weight excluding hydrogens is 170 g/mol. The number of rotatable bonds is 6. The van der Waals surface area contributed by atoms with E-state index in [0.29, 0.717) is 0 Å². The first kappa shape index (κ1) is 10.1. The predicted octanol–water partition coefficient (Wildman–Crippen LogP) is 2.43. The highest BCUT2D eigenvalue weighted by atomic mass is 14.9. The van der Waals surface area contributed by atoms with E-state index in [-0.39, 0.29) is 0 Å². The largest absolute Gasteiger partial charge is 0.315 e. The van der Waals surface area contributed by atoms with Crippen LogP contribution >= 0.6 is 0 Å². The van der Waals surface area contributed by atoms with Crippen molar-refractivity contribution < 1.29 is 0 Å². The second-order valence-electron chi connectivity index (χ2n) is 4.72. The summed E-state index contributed by atoms with van der Waals surface area (Å²) in [6, 6.07) is 0. The Bertz CT molecular complexity index is 215. The molecule has 0 amide bonds. The third kappa shape index (κ3) is 3.03. The first-order valence-corrected chi connectivity index (χ1v) is 6.02. The van der Waals surface area contributed by atoms with Gasteiger partial charge in [0, 0.05) is 13.0 Å². The van der Waals surface area contributed by atoms with Crippen LogP contribution in [0.15, 0.2) is 0 Å². The SMILES string of the molecule is CC#CCCNCC(C1CC1)C1CC1. The summed E-state index contributed by atoms with van der Waals surface area (Å²) in [5.41, 5.74) is 0. The van der Waals surface area contributed by atoms with Crippen molar-refractivity contribution in [2.45, 2.75) is 39.0 Å². The van der Waals surface area contributed by atoms with Crippen LogP contribution in [0.3, 0.4) is 0 Å². The van der Waals surface area contributed by atoms with Gasteiger partial charge in [-0.2, -0.15) is 0 Å². The predicted molar refractivity (Wildman–Crippen MR) is 59.9 cm³/mol. The summed E-state index contributed by atoms with van der Waals surface area (Å²) in [6.45, 7) is 4.24. The summed E-state index contributed by atoms with van der Waals surface area (Å²) >= 11 is 0. The number of hydrogen-bond acceptors (Lipinski definition) is 1. The molecule has 2 rings (SSSR count). The summed E-state index contributed by atoms with van der Waals surface area (Å²) in [7, 11) is 0. The molecule has 0 bridgehead atoms. The first-order chi connectivity index (χ1) is 6.92. The standard InChI is InChI=1S/C13H21N/c1-2-3-4-9-14-10-13(11-5-6-11)12-7-8-12/h11-14H,4-10H2,1H3. The second kappa shape index (κ2) is 4.84. The minimum Gasteiger partial charge on any atom is -0.315 e. The van der Waals surface area contributed by atoms with E-state index in [1.165, 1.54) is 32.2 Å². The van der Waals surface area contributed by atoms with E-state index in [0.717, 1.165) is 30.7 Å². The van der Waals surface area contributed by atoms with E-state index in [4.69, 9.17) is 0 Å². The molecule has 0 saturated heterocycles. The van der Waals surface area contributed by atoms with Gasteiger partial charge in [0.25, 0.3) is 0 Å².